The maximum atomic E-state index is 11.2. The number of nitrogens with zero attached hydrogens (tertiary/aromatic N) is 3. The number of hydrogen-bond donors (Lipinski definition) is 2. The van der Waals surface area contributed by atoms with Crippen molar-refractivity contribution in [2.24, 2.45) is 5.84 Å². The average Bonchev–Trinajstić information content (AvgIpc) is 2.95. The molecule has 0 aromatic carbocycles. The highest BCUT2D eigenvalue weighted by atomic mass is 35.5. The van der Waals surface area contributed by atoms with Crippen molar-refractivity contribution >= 4 is 23.3 Å². The normalized spacial score (nSPS) is 10.4. The number of rotatable bonds is 4. The fraction of sp³-hybridized carbons (Fsp3) is 0.111. The lowest BCUT2D eigenvalue weighted by Gasteiger charge is -1.92. The van der Waals surface area contributed by atoms with Crippen LogP contribution in [0.2, 0.25) is 5.02 Å². The van der Waals surface area contributed by atoms with E-state index in [0.717, 1.165) is 0 Å². The van der Waals surface area contributed by atoms with Crippen molar-refractivity contribution in [2.75, 3.05) is 0 Å². The smallest absolute Gasteiger partial charge is 0.408 e. The number of furan rings is 1. The maximum absolute atomic E-state index is 11.2. The summed E-state index contributed by atoms with van der Waals surface area (Å²) in [6.07, 6.45) is 2.52. The SMILES string of the molecule is NNC(=O)c1coc(Cn2cc(Cl)c([N+](=O)[O-])n2)c1. The number of nitrogens with one attached hydrogen (secondary N) is 1. The summed E-state index contributed by atoms with van der Waals surface area (Å²) in [7, 11) is 0. The van der Waals surface area contributed by atoms with Crippen molar-refractivity contribution in [3.63, 3.8) is 0 Å². The van der Waals surface area contributed by atoms with E-state index in [2.05, 4.69) is 5.10 Å². The zero-order chi connectivity index (χ0) is 14.0. The van der Waals surface area contributed by atoms with E-state index >= 15 is 0 Å². The Balaban J connectivity index is 2.17. The first-order valence-electron chi connectivity index (χ1n) is 4.97. The van der Waals surface area contributed by atoms with Crippen molar-refractivity contribution in [1.29, 1.82) is 0 Å². The van der Waals surface area contributed by atoms with Crippen LogP contribution in [0.4, 0.5) is 5.82 Å². The highest BCUT2D eigenvalue weighted by molar-refractivity contribution is 6.32. The number of halogens is 1. The molecular weight excluding hydrogens is 278 g/mol. The number of aromatic nitrogens is 2. The Kier molecular flexibility index (Phi) is 3.49. The second-order valence-electron chi connectivity index (χ2n) is 3.53. The summed E-state index contributed by atoms with van der Waals surface area (Å²) in [5, 5.41) is 14.2. The van der Waals surface area contributed by atoms with Crippen LogP contribution >= 0.6 is 11.6 Å². The predicted molar refractivity (Wildman–Crippen MR) is 63.4 cm³/mol. The second kappa shape index (κ2) is 5.08. The molecule has 0 radical (unpaired) electrons. The van der Waals surface area contributed by atoms with Crippen molar-refractivity contribution in [3.05, 3.63) is 45.0 Å². The summed E-state index contributed by atoms with van der Waals surface area (Å²) < 4.78 is 6.35. The van der Waals surface area contributed by atoms with Gasteiger partial charge in [-0.05, 0) is 11.0 Å². The van der Waals surface area contributed by atoms with Crippen LogP contribution in [0.25, 0.3) is 0 Å². The molecule has 0 spiro atoms. The van der Waals surface area contributed by atoms with Gasteiger partial charge in [0.05, 0.1) is 16.9 Å². The van der Waals surface area contributed by atoms with Crippen molar-refractivity contribution < 1.29 is 14.1 Å². The topological polar surface area (TPSA) is 129 Å². The highest BCUT2D eigenvalue weighted by Gasteiger charge is 2.20. The molecule has 0 saturated heterocycles. The molecular formula is C9H8ClN5O4. The Morgan fingerprint density at radius 2 is 2.42 bits per heavy atom. The summed E-state index contributed by atoms with van der Waals surface area (Å²) in [6, 6.07) is 1.45. The number of amides is 1. The van der Waals surface area contributed by atoms with Gasteiger partial charge in [-0.1, -0.05) is 11.6 Å². The Hall–Kier alpha value is -2.39. The minimum Gasteiger partial charge on any atom is -0.466 e. The third kappa shape index (κ3) is 2.72. The summed E-state index contributed by atoms with van der Waals surface area (Å²) in [4.78, 5) is 21.1. The van der Waals surface area contributed by atoms with Gasteiger partial charge < -0.3 is 14.5 Å². The number of carbonyl (C=O) groups excluding carboxylic acids is 1. The fourth-order valence-electron chi connectivity index (χ4n) is 1.42. The number of nitrogens with two attached hydrogens (primary N) is 1. The van der Waals surface area contributed by atoms with Gasteiger partial charge in [0, 0.05) is 0 Å². The van der Waals surface area contributed by atoms with Gasteiger partial charge in [-0.25, -0.2) is 5.84 Å². The van der Waals surface area contributed by atoms with Crippen LogP contribution in [0.1, 0.15) is 16.1 Å². The molecule has 10 heteroatoms. The summed E-state index contributed by atoms with van der Waals surface area (Å²) >= 11 is 5.65. The molecule has 0 bridgehead atoms. The van der Waals surface area contributed by atoms with E-state index in [1.54, 1.807) is 0 Å². The van der Waals surface area contributed by atoms with Crippen LogP contribution < -0.4 is 11.3 Å². The van der Waals surface area contributed by atoms with E-state index in [1.807, 2.05) is 5.43 Å². The molecule has 3 N–H and O–H groups in total. The second-order valence-corrected chi connectivity index (χ2v) is 3.94. The molecule has 19 heavy (non-hydrogen) atoms. The van der Waals surface area contributed by atoms with Crippen LogP contribution in [0.3, 0.4) is 0 Å². The molecule has 0 saturated carbocycles. The third-order valence-electron chi connectivity index (χ3n) is 2.24. The quantitative estimate of drug-likeness (QED) is 0.368. The minimum absolute atomic E-state index is 0.0727. The Labute approximate surface area is 111 Å². The first-order valence-corrected chi connectivity index (χ1v) is 5.34. The molecule has 9 nitrogen and oxygen atoms in total. The zero-order valence-corrected chi connectivity index (χ0v) is 10.1. The molecule has 2 aromatic heterocycles. The van der Waals surface area contributed by atoms with Gasteiger partial charge in [0.15, 0.2) is 5.02 Å². The Bertz CT molecular complexity index is 634. The molecule has 0 fully saturated rings. The Morgan fingerprint density at radius 1 is 1.68 bits per heavy atom. The molecule has 0 unspecified atom stereocenters. The van der Waals surface area contributed by atoms with Crippen LogP contribution in [0, 0.1) is 10.1 Å². The van der Waals surface area contributed by atoms with Gasteiger partial charge in [-0.15, -0.1) is 0 Å². The summed E-state index contributed by atoms with van der Waals surface area (Å²) in [6.45, 7) is 0.103. The molecule has 0 aliphatic rings. The summed E-state index contributed by atoms with van der Waals surface area (Å²) in [5.74, 6) is 4.42. The van der Waals surface area contributed by atoms with Gasteiger partial charge in [0.2, 0.25) is 0 Å². The van der Waals surface area contributed by atoms with E-state index in [4.69, 9.17) is 21.9 Å². The van der Waals surface area contributed by atoms with Gasteiger partial charge in [0.25, 0.3) is 5.91 Å². The average molecular weight is 286 g/mol. The van der Waals surface area contributed by atoms with E-state index in [0.29, 0.717) is 5.76 Å². The monoisotopic (exact) mass is 285 g/mol. The predicted octanol–water partition coefficient (Wildman–Crippen LogP) is 0.689. The van der Waals surface area contributed by atoms with Crippen LogP contribution in [-0.2, 0) is 6.54 Å². The first kappa shape index (κ1) is 13.1. The van der Waals surface area contributed by atoms with Gasteiger partial charge in [-0.3, -0.25) is 10.2 Å². The van der Waals surface area contributed by atoms with Gasteiger partial charge in [-0.2, -0.15) is 4.68 Å². The lowest BCUT2D eigenvalue weighted by Crippen LogP contribution is -2.29. The van der Waals surface area contributed by atoms with E-state index in [1.165, 1.54) is 23.2 Å². The Morgan fingerprint density at radius 3 is 3.00 bits per heavy atom. The highest BCUT2D eigenvalue weighted by Crippen LogP contribution is 2.22. The van der Waals surface area contributed by atoms with Crippen LogP contribution in [0.5, 0.6) is 0 Å². The van der Waals surface area contributed by atoms with E-state index in [-0.39, 0.29) is 17.1 Å². The molecule has 0 aliphatic heterocycles. The first-order chi connectivity index (χ1) is 9.01. The van der Waals surface area contributed by atoms with Crippen molar-refractivity contribution in [3.8, 4) is 0 Å². The fourth-order valence-corrected chi connectivity index (χ4v) is 1.64. The van der Waals surface area contributed by atoms with Gasteiger partial charge in [0.1, 0.15) is 18.6 Å². The number of carbonyl (C=O) groups is 1. The van der Waals surface area contributed by atoms with Crippen molar-refractivity contribution in [2.45, 2.75) is 6.54 Å². The minimum atomic E-state index is -0.686. The molecule has 2 heterocycles. The number of hydrazine groups is 1. The number of hydrogen-bond acceptors (Lipinski definition) is 6. The van der Waals surface area contributed by atoms with Crippen LogP contribution in [0.15, 0.2) is 22.9 Å². The summed E-state index contributed by atoms with van der Waals surface area (Å²) in [5.41, 5.74) is 2.20. The molecule has 1 amide bonds. The standard InChI is InChI=1S/C9H8ClN5O4/c10-7-3-14(13-8(7)15(17)18)2-6-1-5(4-19-6)9(16)12-11/h1,3-4H,2,11H2,(H,12,16). The van der Waals surface area contributed by atoms with Crippen LogP contribution in [-0.4, -0.2) is 20.6 Å². The number of nitro groups is 1. The molecule has 2 rings (SSSR count). The third-order valence-corrected chi connectivity index (χ3v) is 2.50. The lowest BCUT2D eigenvalue weighted by atomic mass is 10.3. The lowest BCUT2D eigenvalue weighted by molar-refractivity contribution is -0.389. The molecule has 2 aromatic rings. The van der Waals surface area contributed by atoms with E-state index in [9.17, 15) is 14.9 Å². The largest absolute Gasteiger partial charge is 0.466 e. The zero-order valence-electron chi connectivity index (χ0n) is 9.37. The molecule has 100 valence electrons. The van der Waals surface area contributed by atoms with Gasteiger partial charge >= 0.3 is 5.82 Å². The molecule has 0 aliphatic carbocycles. The number of nitrogen functional groups attached to an aromatic ring is 1. The van der Waals surface area contributed by atoms with Crippen molar-refractivity contribution in [1.82, 2.24) is 15.2 Å². The van der Waals surface area contributed by atoms with E-state index < -0.39 is 16.6 Å². The maximum Gasteiger partial charge on any atom is 0.408 e. The molecule has 0 atom stereocenters.